The van der Waals surface area contributed by atoms with Crippen molar-refractivity contribution in [3.05, 3.63) is 11.9 Å². The van der Waals surface area contributed by atoms with Crippen LogP contribution in [0.1, 0.15) is 19.0 Å². The van der Waals surface area contributed by atoms with Crippen LogP contribution in [-0.4, -0.2) is 33.4 Å². The third-order valence-electron chi connectivity index (χ3n) is 1.91. The van der Waals surface area contributed by atoms with E-state index in [1.54, 1.807) is 6.20 Å². The summed E-state index contributed by atoms with van der Waals surface area (Å²) in [6, 6.07) is 0. The van der Waals surface area contributed by atoms with Crippen LogP contribution in [0.4, 0.5) is 0 Å². The first-order valence-electron chi connectivity index (χ1n) is 5.26. The van der Waals surface area contributed by atoms with Gasteiger partial charge in [0, 0.05) is 13.1 Å². The molecule has 0 atom stereocenters. The quantitative estimate of drug-likeness (QED) is 0.533. The van der Waals surface area contributed by atoms with Crippen molar-refractivity contribution >= 4 is 11.8 Å². The van der Waals surface area contributed by atoms with E-state index in [-0.39, 0.29) is 18.4 Å². The number of carbonyl (C=O) groups excluding carboxylic acids is 2. The minimum absolute atomic E-state index is 0.00983. The molecule has 1 rings (SSSR count). The largest absolute Gasteiger partial charge is 0.330 e. The highest BCUT2D eigenvalue weighted by molar-refractivity contribution is 5.80. The molecule has 0 bridgehead atoms. The summed E-state index contributed by atoms with van der Waals surface area (Å²) in [6.45, 7) is 1.91. The number of hydrazine groups is 1. The van der Waals surface area contributed by atoms with Crippen LogP contribution in [-0.2, 0) is 22.6 Å². The predicted octanol–water partition coefficient (Wildman–Crippen LogP) is -1.66. The lowest BCUT2D eigenvalue weighted by atomic mass is 10.2. The van der Waals surface area contributed by atoms with Gasteiger partial charge in [0.2, 0.25) is 5.91 Å². The molecule has 17 heavy (non-hydrogen) atoms. The van der Waals surface area contributed by atoms with E-state index in [1.165, 1.54) is 11.6 Å². The fraction of sp³-hybridized carbons (Fsp3) is 0.556. The Morgan fingerprint density at radius 3 is 2.88 bits per heavy atom. The van der Waals surface area contributed by atoms with Crippen LogP contribution in [0.2, 0.25) is 0 Å². The minimum Gasteiger partial charge on any atom is -0.330 e. The smallest absolute Gasteiger partial charge is 0.260 e. The SMILES string of the molecule is CC(=O)NNC(=O)Cn1cc(CCCN)nn1. The van der Waals surface area contributed by atoms with Crippen LogP contribution in [0, 0.1) is 0 Å². The maximum atomic E-state index is 11.3. The van der Waals surface area contributed by atoms with Gasteiger partial charge in [0.05, 0.1) is 5.69 Å². The normalized spacial score (nSPS) is 10.0. The van der Waals surface area contributed by atoms with E-state index in [0.29, 0.717) is 6.54 Å². The summed E-state index contributed by atoms with van der Waals surface area (Å²) < 4.78 is 1.41. The molecule has 0 radical (unpaired) electrons. The molecule has 0 spiro atoms. The van der Waals surface area contributed by atoms with E-state index < -0.39 is 0 Å². The number of nitrogens with two attached hydrogens (primary N) is 1. The highest BCUT2D eigenvalue weighted by Crippen LogP contribution is 1.96. The third kappa shape index (κ3) is 5.07. The summed E-state index contributed by atoms with van der Waals surface area (Å²) in [4.78, 5) is 21.9. The standard InChI is InChI=1S/C9H16N6O2/c1-7(16)11-13-9(17)6-15-5-8(12-14-15)3-2-4-10/h5H,2-4,6,10H2,1H3,(H,11,16)(H,13,17). The highest BCUT2D eigenvalue weighted by Gasteiger charge is 2.05. The Bertz CT molecular complexity index is 389. The van der Waals surface area contributed by atoms with Gasteiger partial charge in [-0.05, 0) is 19.4 Å². The highest BCUT2D eigenvalue weighted by atomic mass is 16.2. The molecule has 1 heterocycles. The van der Waals surface area contributed by atoms with E-state index in [0.717, 1.165) is 18.5 Å². The Morgan fingerprint density at radius 2 is 2.24 bits per heavy atom. The van der Waals surface area contributed by atoms with Crippen molar-refractivity contribution in [2.24, 2.45) is 5.73 Å². The predicted molar refractivity (Wildman–Crippen MR) is 59.4 cm³/mol. The molecule has 4 N–H and O–H groups in total. The molecule has 94 valence electrons. The molecule has 0 aromatic carbocycles. The maximum absolute atomic E-state index is 11.3. The molecule has 0 aliphatic rings. The van der Waals surface area contributed by atoms with Gasteiger partial charge in [0.25, 0.3) is 5.91 Å². The van der Waals surface area contributed by atoms with Gasteiger partial charge < -0.3 is 5.73 Å². The number of aromatic nitrogens is 3. The Kier molecular flexibility index (Phi) is 5.08. The zero-order valence-corrected chi connectivity index (χ0v) is 9.64. The summed E-state index contributed by atoms with van der Waals surface area (Å²) in [5, 5.41) is 7.68. The van der Waals surface area contributed by atoms with Gasteiger partial charge in [0.15, 0.2) is 0 Å². The third-order valence-corrected chi connectivity index (χ3v) is 1.91. The topological polar surface area (TPSA) is 115 Å². The zero-order valence-electron chi connectivity index (χ0n) is 9.64. The van der Waals surface area contributed by atoms with Gasteiger partial charge in [-0.1, -0.05) is 5.21 Å². The molecule has 8 nitrogen and oxygen atoms in total. The van der Waals surface area contributed by atoms with Crippen molar-refractivity contribution in [1.82, 2.24) is 25.8 Å². The number of aryl methyl sites for hydroxylation is 1. The molecule has 1 aromatic heterocycles. The monoisotopic (exact) mass is 240 g/mol. The second-order valence-electron chi connectivity index (χ2n) is 3.53. The average Bonchev–Trinajstić information content (AvgIpc) is 2.71. The first-order valence-corrected chi connectivity index (χ1v) is 5.26. The molecular formula is C9H16N6O2. The van der Waals surface area contributed by atoms with Crippen LogP contribution < -0.4 is 16.6 Å². The van der Waals surface area contributed by atoms with E-state index in [1.807, 2.05) is 0 Å². The van der Waals surface area contributed by atoms with Crippen molar-refractivity contribution in [2.75, 3.05) is 6.54 Å². The molecule has 0 aliphatic carbocycles. The van der Waals surface area contributed by atoms with Crippen molar-refractivity contribution in [3.63, 3.8) is 0 Å². The fourth-order valence-electron chi connectivity index (χ4n) is 1.16. The van der Waals surface area contributed by atoms with E-state index in [2.05, 4.69) is 21.2 Å². The lowest BCUT2D eigenvalue weighted by molar-refractivity contribution is -0.128. The fourth-order valence-corrected chi connectivity index (χ4v) is 1.16. The van der Waals surface area contributed by atoms with Gasteiger partial charge in [-0.25, -0.2) is 4.68 Å². The van der Waals surface area contributed by atoms with Crippen molar-refractivity contribution in [1.29, 1.82) is 0 Å². The van der Waals surface area contributed by atoms with Gasteiger partial charge >= 0.3 is 0 Å². The van der Waals surface area contributed by atoms with E-state index in [9.17, 15) is 9.59 Å². The summed E-state index contributed by atoms with van der Waals surface area (Å²) in [7, 11) is 0. The zero-order chi connectivity index (χ0) is 12.7. The molecule has 0 saturated heterocycles. The number of carbonyl (C=O) groups is 2. The van der Waals surface area contributed by atoms with Gasteiger partial charge in [-0.2, -0.15) is 0 Å². The average molecular weight is 240 g/mol. The van der Waals surface area contributed by atoms with Crippen molar-refractivity contribution in [3.8, 4) is 0 Å². The van der Waals surface area contributed by atoms with Gasteiger partial charge in [-0.15, -0.1) is 5.10 Å². The number of nitrogens with one attached hydrogen (secondary N) is 2. The number of nitrogens with zero attached hydrogens (tertiary/aromatic N) is 3. The number of hydrogen-bond acceptors (Lipinski definition) is 5. The molecular weight excluding hydrogens is 224 g/mol. The molecule has 1 aromatic rings. The summed E-state index contributed by atoms with van der Waals surface area (Å²) in [5.41, 5.74) is 10.6. The minimum atomic E-state index is -0.365. The first-order chi connectivity index (χ1) is 8.11. The number of hydrogen-bond donors (Lipinski definition) is 3. The van der Waals surface area contributed by atoms with Gasteiger partial charge in [0.1, 0.15) is 6.54 Å². The number of amides is 2. The molecule has 0 unspecified atom stereocenters. The van der Waals surface area contributed by atoms with Crippen LogP contribution in [0.5, 0.6) is 0 Å². The Balaban J connectivity index is 2.37. The molecule has 0 saturated carbocycles. The second kappa shape index (κ2) is 6.59. The Hall–Kier alpha value is -1.96. The molecule has 0 aliphatic heterocycles. The second-order valence-corrected chi connectivity index (χ2v) is 3.53. The lowest BCUT2D eigenvalue weighted by Gasteiger charge is -2.03. The van der Waals surface area contributed by atoms with Crippen LogP contribution >= 0.6 is 0 Å². The molecule has 8 heteroatoms. The first kappa shape index (κ1) is 13.1. The van der Waals surface area contributed by atoms with Crippen molar-refractivity contribution < 1.29 is 9.59 Å². The Labute approximate surface area is 98.5 Å². The van der Waals surface area contributed by atoms with Gasteiger partial charge in [-0.3, -0.25) is 20.4 Å². The van der Waals surface area contributed by atoms with Crippen molar-refractivity contribution in [2.45, 2.75) is 26.3 Å². The number of rotatable bonds is 5. The van der Waals surface area contributed by atoms with Crippen LogP contribution in [0.3, 0.4) is 0 Å². The van der Waals surface area contributed by atoms with E-state index >= 15 is 0 Å². The maximum Gasteiger partial charge on any atom is 0.260 e. The summed E-state index contributed by atoms with van der Waals surface area (Å²) in [5.74, 6) is -0.698. The van der Waals surface area contributed by atoms with Crippen LogP contribution in [0.15, 0.2) is 6.20 Å². The molecule has 2 amide bonds. The summed E-state index contributed by atoms with van der Waals surface area (Å²) >= 11 is 0. The summed E-state index contributed by atoms with van der Waals surface area (Å²) in [6.07, 6.45) is 3.25. The van der Waals surface area contributed by atoms with E-state index in [4.69, 9.17) is 5.73 Å². The Morgan fingerprint density at radius 1 is 1.47 bits per heavy atom. The van der Waals surface area contributed by atoms with Crippen LogP contribution in [0.25, 0.3) is 0 Å². The molecule has 0 fully saturated rings. The lowest BCUT2D eigenvalue weighted by Crippen LogP contribution is -2.42.